The molecule has 0 radical (unpaired) electrons. The van der Waals surface area contributed by atoms with Gasteiger partial charge in [-0.15, -0.1) is 0 Å². The molecule has 0 saturated carbocycles. The highest BCUT2D eigenvalue weighted by atomic mass is 16.4. The lowest BCUT2D eigenvalue weighted by Crippen LogP contribution is -2.29. The number of nitrogens with zero attached hydrogens (tertiary/aromatic N) is 2. The standard InChI is InChI=1S/C7H7BN2O2/c11-8(12)6-2-1-5-4-9-10-7(5)3-6/h1-3,11-12H,4H2. The van der Waals surface area contributed by atoms with E-state index in [1.165, 1.54) is 0 Å². The maximum Gasteiger partial charge on any atom is 0.488 e. The van der Waals surface area contributed by atoms with Crippen LogP contribution in [0.15, 0.2) is 28.4 Å². The second kappa shape index (κ2) is 2.69. The molecule has 60 valence electrons. The van der Waals surface area contributed by atoms with Crippen molar-refractivity contribution in [1.82, 2.24) is 0 Å². The molecule has 1 heterocycles. The molecule has 1 aliphatic rings. The van der Waals surface area contributed by atoms with Crippen LogP contribution in [0.1, 0.15) is 5.56 Å². The predicted molar refractivity (Wildman–Crippen MR) is 44.5 cm³/mol. The van der Waals surface area contributed by atoms with Crippen LogP contribution in [0.4, 0.5) is 5.69 Å². The van der Waals surface area contributed by atoms with Crippen molar-refractivity contribution in [1.29, 1.82) is 0 Å². The smallest absolute Gasteiger partial charge is 0.423 e. The van der Waals surface area contributed by atoms with Crippen LogP contribution in [0.3, 0.4) is 0 Å². The molecule has 0 aromatic heterocycles. The maximum atomic E-state index is 8.84. The Morgan fingerprint density at radius 1 is 1.33 bits per heavy atom. The first-order valence-corrected chi connectivity index (χ1v) is 3.64. The zero-order chi connectivity index (χ0) is 8.55. The molecule has 1 aromatic rings. The van der Waals surface area contributed by atoms with Crippen molar-refractivity contribution >= 4 is 18.3 Å². The van der Waals surface area contributed by atoms with Crippen molar-refractivity contribution < 1.29 is 10.0 Å². The van der Waals surface area contributed by atoms with E-state index in [0.717, 1.165) is 11.3 Å². The fraction of sp³-hybridized carbons (Fsp3) is 0.143. The average Bonchev–Trinajstić information content (AvgIpc) is 2.49. The molecule has 2 rings (SSSR count). The van der Waals surface area contributed by atoms with Gasteiger partial charge in [-0.1, -0.05) is 12.1 Å². The summed E-state index contributed by atoms with van der Waals surface area (Å²) >= 11 is 0. The van der Waals surface area contributed by atoms with E-state index in [1.807, 2.05) is 6.07 Å². The van der Waals surface area contributed by atoms with Gasteiger partial charge in [-0.25, -0.2) is 0 Å². The van der Waals surface area contributed by atoms with Crippen LogP contribution >= 0.6 is 0 Å². The summed E-state index contributed by atoms with van der Waals surface area (Å²) in [5.41, 5.74) is 2.22. The van der Waals surface area contributed by atoms with Gasteiger partial charge in [0.05, 0.1) is 12.2 Å². The minimum atomic E-state index is -1.42. The summed E-state index contributed by atoms with van der Waals surface area (Å²) in [6.07, 6.45) is 0. The molecule has 1 aliphatic heterocycles. The molecule has 0 fully saturated rings. The first-order chi connectivity index (χ1) is 5.77. The van der Waals surface area contributed by atoms with Crippen molar-refractivity contribution in [3.05, 3.63) is 23.8 Å². The zero-order valence-corrected chi connectivity index (χ0v) is 6.31. The summed E-state index contributed by atoms with van der Waals surface area (Å²) in [7, 11) is -1.42. The van der Waals surface area contributed by atoms with Gasteiger partial charge in [0.15, 0.2) is 0 Å². The van der Waals surface area contributed by atoms with Crippen molar-refractivity contribution in [2.75, 3.05) is 0 Å². The molecular formula is C7H7BN2O2. The first kappa shape index (κ1) is 7.45. The van der Waals surface area contributed by atoms with E-state index in [0.29, 0.717) is 12.0 Å². The third-order valence-corrected chi connectivity index (χ3v) is 1.83. The summed E-state index contributed by atoms with van der Waals surface area (Å²) in [4.78, 5) is 0. The fourth-order valence-corrected chi connectivity index (χ4v) is 1.16. The molecule has 0 bridgehead atoms. The normalized spacial score (nSPS) is 13.2. The van der Waals surface area contributed by atoms with Crippen molar-refractivity contribution in [2.24, 2.45) is 10.2 Å². The highest BCUT2D eigenvalue weighted by Crippen LogP contribution is 2.24. The Bertz CT molecular complexity index is 338. The number of hydrogen-bond donors (Lipinski definition) is 2. The number of fused-ring (bicyclic) bond motifs is 1. The lowest BCUT2D eigenvalue weighted by atomic mass is 9.80. The number of benzene rings is 1. The van der Waals surface area contributed by atoms with Crippen LogP contribution in [-0.2, 0) is 6.54 Å². The second-order valence-electron chi connectivity index (χ2n) is 2.66. The monoisotopic (exact) mass is 162 g/mol. The highest BCUT2D eigenvalue weighted by Gasteiger charge is 2.14. The van der Waals surface area contributed by atoms with Crippen molar-refractivity contribution in [3.63, 3.8) is 0 Å². The van der Waals surface area contributed by atoms with Gasteiger partial charge in [0, 0.05) is 5.56 Å². The molecular weight excluding hydrogens is 155 g/mol. The molecule has 5 heteroatoms. The lowest BCUT2D eigenvalue weighted by molar-refractivity contribution is 0.426. The van der Waals surface area contributed by atoms with Gasteiger partial charge < -0.3 is 10.0 Å². The van der Waals surface area contributed by atoms with Crippen LogP contribution in [0.2, 0.25) is 0 Å². The maximum absolute atomic E-state index is 8.84. The van der Waals surface area contributed by atoms with Crippen molar-refractivity contribution in [2.45, 2.75) is 6.54 Å². The second-order valence-corrected chi connectivity index (χ2v) is 2.66. The van der Waals surface area contributed by atoms with E-state index in [2.05, 4.69) is 10.2 Å². The minimum Gasteiger partial charge on any atom is -0.423 e. The molecule has 1 aromatic carbocycles. The molecule has 0 unspecified atom stereocenters. The third kappa shape index (κ3) is 1.13. The largest absolute Gasteiger partial charge is 0.488 e. The van der Waals surface area contributed by atoms with E-state index >= 15 is 0 Å². The molecule has 12 heavy (non-hydrogen) atoms. The average molecular weight is 162 g/mol. The van der Waals surface area contributed by atoms with Gasteiger partial charge >= 0.3 is 7.12 Å². The Kier molecular flexibility index (Phi) is 1.67. The van der Waals surface area contributed by atoms with Crippen LogP contribution < -0.4 is 5.46 Å². The van der Waals surface area contributed by atoms with Crippen LogP contribution in [-0.4, -0.2) is 17.2 Å². The van der Waals surface area contributed by atoms with Gasteiger partial charge in [0.2, 0.25) is 0 Å². The number of rotatable bonds is 1. The van der Waals surface area contributed by atoms with Gasteiger partial charge in [0.1, 0.15) is 0 Å². The van der Waals surface area contributed by atoms with E-state index in [1.54, 1.807) is 12.1 Å². The SMILES string of the molecule is OB(O)c1ccc2c(c1)N=NC2. The molecule has 0 atom stereocenters. The van der Waals surface area contributed by atoms with E-state index in [9.17, 15) is 0 Å². The van der Waals surface area contributed by atoms with Crippen LogP contribution in [0.25, 0.3) is 0 Å². The van der Waals surface area contributed by atoms with Gasteiger partial charge in [-0.3, -0.25) is 0 Å². The Morgan fingerprint density at radius 3 is 2.92 bits per heavy atom. The molecule has 4 nitrogen and oxygen atoms in total. The molecule has 0 spiro atoms. The molecule has 0 saturated heterocycles. The molecule has 2 N–H and O–H groups in total. The Labute approximate surface area is 69.7 Å². The minimum absolute atomic E-state index is 0.453. The zero-order valence-electron chi connectivity index (χ0n) is 6.31. The Hall–Kier alpha value is -1.20. The predicted octanol–water partition coefficient (Wildman–Crippen LogP) is -0.0363. The summed E-state index contributed by atoms with van der Waals surface area (Å²) in [6.45, 7) is 0.594. The number of hydrogen-bond acceptors (Lipinski definition) is 4. The summed E-state index contributed by atoms with van der Waals surface area (Å²) < 4.78 is 0. The van der Waals surface area contributed by atoms with Gasteiger partial charge in [0.25, 0.3) is 0 Å². The lowest BCUT2D eigenvalue weighted by Gasteiger charge is -2.00. The van der Waals surface area contributed by atoms with E-state index < -0.39 is 7.12 Å². The quantitative estimate of drug-likeness (QED) is 0.569. The third-order valence-electron chi connectivity index (χ3n) is 1.83. The van der Waals surface area contributed by atoms with Crippen molar-refractivity contribution in [3.8, 4) is 0 Å². The summed E-state index contributed by atoms with van der Waals surface area (Å²) in [5, 5.41) is 25.3. The topological polar surface area (TPSA) is 65.2 Å². The van der Waals surface area contributed by atoms with Gasteiger partial charge in [-0.2, -0.15) is 10.2 Å². The van der Waals surface area contributed by atoms with E-state index in [-0.39, 0.29) is 0 Å². The summed E-state index contributed by atoms with van der Waals surface area (Å²) in [5.74, 6) is 0. The van der Waals surface area contributed by atoms with Crippen LogP contribution in [0.5, 0.6) is 0 Å². The first-order valence-electron chi connectivity index (χ1n) is 3.64. The molecule has 0 amide bonds. The summed E-state index contributed by atoms with van der Waals surface area (Å²) in [6, 6.07) is 5.11. The number of azo groups is 1. The van der Waals surface area contributed by atoms with E-state index in [4.69, 9.17) is 10.0 Å². The van der Waals surface area contributed by atoms with Crippen LogP contribution in [0, 0.1) is 0 Å². The van der Waals surface area contributed by atoms with Gasteiger partial charge in [-0.05, 0) is 11.5 Å². The highest BCUT2D eigenvalue weighted by molar-refractivity contribution is 6.58. The Balaban J connectivity index is 2.44. The fourth-order valence-electron chi connectivity index (χ4n) is 1.16. The Morgan fingerprint density at radius 2 is 2.17 bits per heavy atom. The molecule has 0 aliphatic carbocycles.